The van der Waals surface area contributed by atoms with Crippen LogP contribution in [0.1, 0.15) is 0 Å². The Morgan fingerprint density at radius 3 is 0.500 bits per heavy atom. The Morgan fingerprint density at radius 1 is 0.300 bits per heavy atom. The van der Waals surface area contributed by atoms with E-state index >= 15 is 0 Å². The Hall–Kier alpha value is 2.42. The normalized spacial score (nSPS) is 41.4. The second-order valence-electron chi connectivity index (χ2n) is 10.0. The molecule has 2 bridgehead atoms. The van der Waals surface area contributed by atoms with E-state index in [4.69, 9.17) is 0 Å². The molecule has 3 aliphatic rings. The van der Waals surface area contributed by atoms with Gasteiger partial charge in [-0.05, 0) is 0 Å². The third-order valence-corrected chi connectivity index (χ3v) is 346. The zero-order chi connectivity index (χ0) is 16.2. The van der Waals surface area contributed by atoms with Crippen molar-refractivity contribution in [1.82, 2.24) is 0 Å². The van der Waals surface area contributed by atoms with Gasteiger partial charge in [-0.25, -0.2) is 0 Å². The van der Waals surface area contributed by atoms with Gasteiger partial charge in [0.05, 0.1) is 0 Å². The molecule has 0 radical (unpaired) electrons. The van der Waals surface area contributed by atoms with Crippen molar-refractivity contribution >= 4 is 61.7 Å². The SMILES string of the molecule is C[Si]1(C)[As]2[Si](C)(C)[Si](C)(C)[As]([Si]1(C)C)[Si](C)(C)[Si]2(C)C. The van der Waals surface area contributed by atoms with Crippen molar-refractivity contribution in [2.75, 3.05) is 0 Å². The van der Waals surface area contributed by atoms with Gasteiger partial charge in [-0.15, -0.1) is 0 Å². The summed E-state index contributed by atoms with van der Waals surface area (Å²) in [6.45, 7) is 35.5. The van der Waals surface area contributed by atoms with Gasteiger partial charge in [0.2, 0.25) is 0 Å². The topological polar surface area (TPSA) is 0 Å². The summed E-state index contributed by atoms with van der Waals surface area (Å²) in [7, 11) is 0. The van der Waals surface area contributed by atoms with Gasteiger partial charge in [-0.2, -0.15) is 0 Å². The average Bonchev–Trinajstić information content (AvgIpc) is 2.09. The fourth-order valence-electron chi connectivity index (χ4n) is 5.83. The Kier molecular flexibility index (Phi) is 4.24. The van der Waals surface area contributed by atoms with Crippen LogP contribution in [0, 0.1) is 0 Å². The second kappa shape index (κ2) is 4.53. The molecule has 3 rings (SSSR count). The summed E-state index contributed by atoms with van der Waals surface area (Å²) in [6, 6.07) is -4.82. The van der Waals surface area contributed by atoms with Crippen molar-refractivity contribution in [2.24, 2.45) is 0 Å². The molecular weight excluding hydrogens is 462 g/mol. The third-order valence-electron chi connectivity index (χ3n) is 7.85. The predicted octanol–water partition coefficient (Wildman–Crippen LogP) is 3.96. The van der Waals surface area contributed by atoms with Gasteiger partial charge in [-0.1, -0.05) is 0 Å². The molecule has 8 heteroatoms. The monoisotopic (exact) mass is 498 g/mol. The van der Waals surface area contributed by atoms with Crippen molar-refractivity contribution in [1.29, 1.82) is 0 Å². The molecule has 0 amide bonds. The Balaban J connectivity index is 2.87. The number of rotatable bonds is 0. The maximum atomic E-state index is 2.96. The molecule has 0 N–H and O–H groups in total. The molecule has 0 aromatic heterocycles. The van der Waals surface area contributed by atoms with Crippen LogP contribution >= 0.6 is 0 Å². The van der Waals surface area contributed by atoms with Crippen molar-refractivity contribution in [3.05, 3.63) is 0 Å². The van der Waals surface area contributed by atoms with Gasteiger partial charge in [0.15, 0.2) is 0 Å². The fourth-order valence-corrected chi connectivity index (χ4v) is 791. The summed E-state index contributed by atoms with van der Waals surface area (Å²) in [6.07, 6.45) is 0. The molecule has 0 unspecified atom stereocenters. The molecule has 3 saturated heterocycles. The van der Waals surface area contributed by atoms with Crippen LogP contribution in [0.2, 0.25) is 78.6 Å². The van der Waals surface area contributed by atoms with Crippen molar-refractivity contribution in [3.8, 4) is 0 Å². The summed E-state index contributed by atoms with van der Waals surface area (Å²) in [4.78, 5) is 0. The molecule has 20 heavy (non-hydrogen) atoms. The Labute approximate surface area is 139 Å². The zero-order valence-corrected chi connectivity index (χ0v) is 25.6. The molecule has 3 heterocycles. The molecule has 118 valence electrons. The first kappa shape index (κ1) is 18.8. The zero-order valence-electron chi connectivity index (χ0n) is 15.9. The van der Waals surface area contributed by atoms with Gasteiger partial charge in [0.1, 0.15) is 0 Å². The summed E-state index contributed by atoms with van der Waals surface area (Å²) in [5.41, 5.74) is 0. The van der Waals surface area contributed by atoms with Gasteiger partial charge in [0.25, 0.3) is 0 Å². The van der Waals surface area contributed by atoms with Crippen molar-refractivity contribution in [3.63, 3.8) is 0 Å². The fraction of sp³-hybridized carbons (Fsp3) is 1.00. The van der Waals surface area contributed by atoms with E-state index in [0.29, 0.717) is 0 Å². The minimum atomic E-state index is -0.804. The summed E-state index contributed by atoms with van der Waals surface area (Å²) in [5, 5.41) is 0. The van der Waals surface area contributed by atoms with E-state index in [9.17, 15) is 0 Å². The standard InChI is InChI=1S/C12H36As2Si6/c1-15(2)13-17(5,6)19(9,10)14(16(15,3)4)20(11,12)18(13,7)8/h1-12H3. The first-order valence-electron chi connectivity index (χ1n) is 8.09. The molecule has 0 aromatic rings. The second-order valence-corrected chi connectivity index (χ2v) is 141. The molecule has 0 saturated carbocycles. The van der Waals surface area contributed by atoms with Crippen LogP contribution < -0.4 is 0 Å². The quantitative estimate of drug-likeness (QED) is 0.444. The minimum absolute atomic E-state index is 0.492. The van der Waals surface area contributed by atoms with E-state index in [0.717, 1.165) is 0 Å². The van der Waals surface area contributed by atoms with Gasteiger partial charge < -0.3 is 0 Å². The molecule has 0 aliphatic carbocycles. The van der Waals surface area contributed by atoms with E-state index in [1.54, 1.807) is 0 Å². The van der Waals surface area contributed by atoms with Crippen molar-refractivity contribution in [2.45, 2.75) is 78.6 Å². The number of hydrogen-bond donors (Lipinski definition) is 0. The van der Waals surface area contributed by atoms with E-state index < -0.39 is 61.7 Å². The van der Waals surface area contributed by atoms with Gasteiger partial charge >= 0.3 is 140 Å². The van der Waals surface area contributed by atoms with Gasteiger partial charge in [0, 0.05) is 0 Å². The van der Waals surface area contributed by atoms with E-state index in [1.807, 2.05) is 0 Å². The number of hydrogen-bond acceptors (Lipinski definition) is 0. The molecule has 0 spiro atoms. The van der Waals surface area contributed by atoms with E-state index in [1.165, 1.54) is 0 Å². The molecule has 0 atom stereocenters. The van der Waals surface area contributed by atoms with Crippen molar-refractivity contribution < 1.29 is 0 Å². The van der Waals surface area contributed by atoms with Crippen LogP contribution in [0.3, 0.4) is 0 Å². The van der Waals surface area contributed by atoms with Gasteiger partial charge in [-0.3, -0.25) is 0 Å². The van der Waals surface area contributed by atoms with E-state index in [2.05, 4.69) is 78.6 Å². The van der Waals surface area contributed by atoms with Crippen LogP contribution in [-0.2, 0) is 0 Å². The Morgan fingerprint density at radius 2 is 0.400 bits per heavy atom. The molecule has 0 nitrogen and oxygen atoms in total. The molecule has 0 aromatic carbocycles. The first-order valence-corrected chi connectivity index (χ1v) is 45.7. The van der Waals surface area contributed by atoms with Crippen LogP contribution in [0.5, 0.6) is 0 Å². The Bertz CT molecular complexity index is 346. The van der Waals surface area contributed by atoms with Crippen LogP contribution in [0.4, 0.5) is 0 Å². The average molecular weight is 499 g/mol. The van der Waals surface area contributed by atoms with Crippen LogP contribution in [-0.4, -0.2) is 61.7 Å². The summed E-state index contributed by atoms with van der Waals surface area (Å²) < 4.78 is 0. The molecular formula is C12H36As2Si6. The summed E-state index contributed by atoms with van der Waals surface area (Å²) in [5.74, 6) is 0. The number of fused-ring (bicyclic) bond motifs is 3. The molecule has 3 fully saturated rings. The van der Waals surface area contributed by atoms with Crippen LogP contribution in [0.15, 0.2) is 0 Å². The van der Waals surface area contributed by atoms with Crippen LogP contribution in [0.25, 0.3) is 0 Å². The predicted molar refractivity (Wildman–Crippen MR) is 116 cm³/mol. The first-order chi connectivity index (χ1) is 8.48. The molecule has 3 aliphatic heterocycles. The third kappa shape index (κ3) is 1.80. The summed E-state index contributed by atoms with van der Waals surface area (Å²) >= 11 is -0.984. The maximum absolute atomic E-state index is 2.96. The van der Waals surface area contributed by atoms with E-state index in [-0.39, 0.29) is 0 Å².